The topological polar surface area (TPSA) is 96.5 Å². The van der Waals surface area contributed by atoms with Crippen molar-refractivity contribution < 1.29 is 19.1 Å². The highest BCUT2D eigenvalue weighted by Gasteiger charge is 2.11. The fourth-order valence-electron chi connectivity index (χ4n) is 3.18. The van der Waals surface area contributed by atoms with E-state index in [-0.39, 0.29) is 5.91 Å². The van der Waals surface area contributed by atoms with E-state index in [9.17, 15) is 14.4 Å². The SMILES string of the molecule is CCCCC(=O)Nc1ccc(C(=O)NNC(=O)c2cccc(OCCc3ccccc3)c2)cc1. The lowest BCUT2D eigenvalue weighted by molar-refractivity contribution is -0.116. The monoisotopic (exact) mass is 459 g/mol. The van der Waals surface area contributed by atoms with Crippen molar-refractivity contribution in [3.05, 3.63) is 95.6 Å². The van der Waals surface area contributed by atoms with Gasteiger partial charge in [0.2, 0.25) is 5.91 Å². The molecule has 7 nitrogen and oxygen atoms in total. The third-order valence-electron chi connectivity index (χ3n) is 5.08. The zero-order chi connectivity index (χ0) is 24.2. The first-order valence-corrected chi connectivity index (χ1v) is 11.3. The van der Waals surface area contributed by atoms with Crippen LogP contribution in [0.1, 0.15) is 52.5 Å². The molecule has 3 rings (SSSR count). The highest BCUT2D eigenvalue weighted by Crippen LogP contribution is 2.14. The fraction of sp³-hybridized carbons (Fsp3) is 0.222. The normalized spacial score (nSPS) is 10.3. The van der Waals surface area contributed by atoms with E-state index < -0.39 is 11.8 Å². The Bertz CT molecular complexity index is 1100. The molecular weight excluding hydrogens is 430 g/mol. The van der Waals surface area contributed by atoms with Crippen LogP contribution >= 0.6 is 0 Å². The summed E-state index contributed by atoms with van der Waals surface area (Å²) in [6, 6.07) is 23.2. The maximum Gasteiger partial charge on any atom is 0.269 e. The van der Waals surface area contributed by atoms with Gasteiger partial charge in [-0.2, -0.15) is 0 Å². The van der Waals surface area contributed by atoms with Crippen LogP contribution in [0.3, 0.4) is 0 Å². The van der Waals surface area contributed by atoms with Gasteiger partial charge in [0.25, 0.3) is 11.8 Å². The van der Waals surface area contributed by atoms with Crippen molar-refractivity contribution >= 4 is 23.4 Å². The molecule has 0 saturated carbocycles. The van der Waals surface area contributed by atoms with Crippen LogP contribution < -0.4 is 20.9 Å². The summed E-state index contributed by atoms with van der Waals surface area (Å²) in [5, 5.41) is 2.79. The minimum Gasteiger partial charge on any atom is -0.493 e. The quantitative estimate of drug-likeness (QED) is 0.389. The molecule has 0 fully saturated rings. The molecule has 7 heteroatoms. The average molecular weight is 460 g/mol. The predicted molar refractivity (Wildman–Crippen MR) is 132 cm³/mol. The predicted octanol–water partition coefficient (Wildman–Crippen LogP) is 4.51. The van der Waals surface area contributed by atoms with E-state index in [0.29, 0.717) is 35.6 Å². The number of hydrogen-bond donors (Lipinski definition) is 3. The number of rotatable bonds is 10. The molecule has 34 heavy (non-hydrogen) atoms. The minimum absolute atomic E-state index is 0.0578. The number of carbonyl (C=O) groups excluding carboxylic acids is 3. The number of nitrogens with one attached hydrogen (secondary N) is 3. The van der Waals surface area contributed by atoms with Gasteiger partial charge in [-0.1, -0.05) is 49.7 Å². The molecule has 0 heterocycles. The summed E-state index contributed by atoms with van der Waals surface area (Å²) in [4.78, 5) is 36.6. The molecule has 0 aliphatic rings. The first kappa shape index (κ1) is 24.5. The second-order valence-corrected chi connectivity index (χ2v) is 7.75. The summed E-state index contributed by atoms with van der Waals surface area (Å²) in [7, 11) is 0. The van der Waals surface area contributed by atoms with Gasteiger partial charge in [-0.05, 0) is 54.4 Å². The Morgan fingerprint density at radius 1 is 0.794 bits per heavy atom. The number of unbranched alkanes of at least 4 members (excludes halogenated alkanes) is 1. The van der Waals surface area contributed by atoms with Crippen LogP contribution in [0.2, 0.25) is 0 Å². The van der Waals surface area contributed by atoms with Crippen LogP contribution in [0.15, 0.2) is 78.9 Å². The van der Waals surface area contributed by atoms with Gasteiger partial charge in [0.15, 0.2) is 0 Å². The van der Waals surface area contributed by atoms with E-state index in [1.54, 1.807) is 48.5 Å². The zero-order valence-corrected chi connectivity index (χ0v) is 19.2. The first-order chi connectivity index (χ1) is 16.5. The molecule has 0 saturated heterocycles. The molecular formula is C27H29N3O4. The largest absolute Gasteiger partial charge is 0.493 e. The van der Waals surface area contributed by atoms with Gasteiger partial charge in [-0.15, -0.1) is 0 Å². The van der Waals surface area contributed by atoms with Crippen molar-refractivity contribution in [2.75, 3.05) is 11.9 Å². The first-order valence-electron chi connectivity index (χ1n) is 11.3. The van der Waals surface area contributed by atoms with Gasteiger partial charge in [0.1, 0.15) is 5.75 Å². The van der Waals surface area contributed by atoms with Gasteiger partial charge in [0, 0.05) is 29.7 Å². The summed E-state index contributed by atoms with van der Waals surface area (Å²) in [6.45, 7) is 2.51. The molecule has 3 N–H and O–H groups in total. The van der Waals surface area contributed by atoms with Crippen molar-refractivity contribution in [1.29, 1.82) is 0 Å². The van der Waals surface area contributed by atoms with Gasteiger partial charge in [-0.3, -0.25) is 25.2 Å². The average Bonchev–Trinajstić information content (AvgIpc) is 2.87. The van der Waals surface area contributed by atoms with Gasteiger partial charge in [0.05, 0.1) is 6.61 Å². The van der Waals surface area contributed by atoms with Crippen molar-refractivity contribution in [3.8, 4) is 5.75 Å². The maximum absolute atomic E-state index is 12.5. The van der Waals surface area contributed by atoms with Crippen molar-refractivity contribution in [1.82, 2.24) is 10.9 Å². The molecule has 0 unspecified atom stereocenters. The van der Waals surface area contributed by atoms with E-state index in [0.717, 1.165) is 19.3 Å². The molecule has 0 bridgehead atoms. The van der Waals surface area contributed by atoms with E-state index in [4.69, 9.17) is 4.74 Å². The van der Waals surface area contributed by atoms with Crippen LogP contribution in [0.5, 0.6) is 5.75 Å². The zero-order valence-electron chi connectivity index (χ0n) is 19.2. The number of benzene rings is 3. The highest BCUT2D eigenvalue weighted by molar-refractivity contribution is 5.99. The summed E-state index contributed by atoms with van der Waals surface area (Å²) < 4.78 is 5.76. The number of amides is 3. The lowest BCUT2D eigenvalue weighted by atomic mass is 10.2. The van der Waals surface area contributed by atoms with Gasteiger partial charge in [-0.25, -0.2) is 0 Å². The van der Waals surface area contributed by atoms with Crippen LogP contribution in [-0.2, 0) is 11.2 Å². The molecule has 0 aromatic heterocycles. The number of carbonyl (C=O) groups is 3. The van der Waals surface area contributed by atoms with Gasteiger partial charge < -0.3 is 10.1 Å². The minimum atomic E-state index is -0.465. The molecule has 0 aliphatic carbocycles. The van der Waals surface area contributed by atoms with E-state index in [1.807, 2.05) is 37.3 Å². The Balaban J connectivity index is 1.46. The third kappa shape index (κ3) is 7.78. The summed E-state index contributed by atoms with van der Waals surface area (Å²) in [5.74, 6) is -0.404. The van der Waals surface area contributed by atoms with E-state index >= 15 is 0 Å². The molecule has 3 aromatic carbocycles. The van der Waals surface area contributed by atoms with E-state index in [1.165, 1.54) is 5.56 Å². The molecule has 176 valence electrons. The molecule has 0 aliphatic heterocycles. The second kappa shape index (κ2) is 12.8. The second-order valence-electron chi connectivity index (χ2n) is 7.75. The number of ether oxygens (including phenoxy) is 1. The Morgan fingerprint density at radius 3 is 2.21 bits per heavy atom. The van der Waals surface area contributed by atoms with Crippen LogP contribution in [0.4, 0.5) is 5.69 Å². The highest BCUT2D eigenvalue weighted by atomic mass is 16.5. The Morgan fingerprint density at radius 2 is 1.50 bits per heavy atom. The number of hydrogen-bond acceptors (Lipinski definition) is 4. The molecule has 0 spiro atoms. The Hall–Kier alpha value is -4.13. The molecule has 3 amide bonds. The molecule has 0 radical (unpaired) electrons. The smallest absolute Gasteiger partial charge is 0.269 e. The Kier molecular flexibility index (Phi) is 9.22. The van der Waals surface area contributed by atoms with E-state index in [2.05, 4.69) is 16.2 Å². The van der Waals surface area contributed by atoms with Crippen LogP contribution in [0.25, 0.3) is 0 Å². The summed E-state index contributed by atoms with van der Waals surface area (Å²) in [6.07, 6.45) is 3.00. The van der Waals surface area contributed by atoms with Crippen molar-refractivity contribution in [2.24, 2.45) is 0 Å². The standard InChI is InChI=1S/C27H29N3O4/c1-2-3-12-25(31)28-23-15-13-21(14-16-23)26(32)29-30-27(33)22-10-7-11-24(19-22)34-18-17-20-8-5-4-6-9-20/h4-11,13-16,19H,2-3,12,17-18H2,1H3,(H,28,31)(H,29,32)(H,30,33). The lowest BCUT2D eigenvalue weighted by Crippen LogP contribution is -2.41. The number of anilines is 1. The maximum atomic E-state index is 12.5. The number of hydrazine groups is 1. The van der Waals surface area contributed by atoms with Crippen LogP contribution in [-0.4, -0.2) is 24.3 Å². The fourth-order valence-corrected chi connectivity index (χ4v) is 3.18. The molecule has 0 atom stereocenters. The lowest BCUT2D eigenvalue weighted by Gasteiger charge is -2.10. The van der Waals surface area contributed by atoms with Crippen molar-refractivity contribution in [2.45, 2.75) is 32.6 Å². The third-order valence-corrected chi connectivity index (χ3v) is 5.08. The van der Waals surface area contributed by atoms with Gasteiger partial charge >= 0.3 is 0 Å². The molecule has 3 aromatic rings. The summed E-state index contributed by atoms with van der Waals surface area (Å²) >= 11 is 0. The van der Waals surface area contributed by atoms with Crippen LogP contribution in [0, 0.1) is 0 Å². The summed E-state index contributed by atoms with van der Waals surface area (Å²) in [5.41, 5.74) is 7.32. The Labute approximate surface area is 199 Å². The van der Waals surface area contributed by atoms with Crippen molar-refractivity contribution in [3.63, 3.8) is 0 Å².